The van der Waals surface area contributed by atoms with Gasteiger partial charge in [-0.2, -0.15) is 5.10 Å². The second kappa shape index (κ2) is 5.52. The van der Waals surface area contributed by atoms with Gasteiger partial charge in [-0.3, -0.25) is 9.48 Å². The molecule has 18 heavy (non-hydrogen) atoms. The molecule has 1 amide bonds. The van der Waals surface area contributed by atoms with E-state index in [-0.39, 0.29) is 17.2 Å². The minimum absolute atomic E-state index is 0.160. The van der Waals surface area contributed by atoms with E-state index in [0.29, 0.717) is 12.1 Å². The van der Waals surface area contributed by atoms with Crippen LogP contribution in [0.2, 0.25) is 0 Å². The molecule has 102 valence electrons. The molecular formula is C13H23N3O2. The fraction of sp³-hybridized carbons (Fsp3) is 0.692. The van der Waals surface area contributed by atoms with Crippen molar-refractivity contribution in [3.8, 4) is 0 Å². The molecule has 0 aliphatic carbocycles. The number of aryl methyl sites for hydroxylation is 1. The van der Waals surface area contributed by atoms with Crippen LogP contribution in [0, 0.1) is 11.3 Å². The van der Waals surface area contributed by atoms with E-state index < -0.39 is 6.10 Å². The van der Waals surface area contributed by atoms with Gasteiger partial charge >= 0.3 is 0 Å². The van der Waals surface area contributed by atoms with Crippen molar-refractivity contribution >= 4 is 5.91 Å². The first-order chi connectivity index (χ1) is 8.24. The summed E-state index contributed by atoms with van der Waals surface area (Å²) in [5, 5.41) is 16.9. The van der Waals surface area contributed by atoms with E-state index in [9.17, 15) is 9.90 Å². The maximum atomic E-state index is 11.9. The molecule has 0 aliphatic heterocycles. The van der Waals surface area contributed by atoms with E-state index in [1.165, 1.54) is 6.20 Å². The van der Waals surface area contributed by atoms with Crippen molar-refractivity contribution in [2.75, 3.05) is 6.54 Å². The van der Waals surface area contributed by atoms with Crippen LogP contribution < -0.4 is 5.32 Å². The molecule has 0 aromatic carbocycles. The number of nitrogens with one attached hydrogen (secondary N) is 1. The Bertz CT molecular complexity index is 410. The molecule has 2 N–H and O–H groups in total. The summed E-state index contributed by atoms with van der Waals surface area (Å²) in [6.45, 7) is 8.26. The number of carbonyl (C=O) groups is 1. The van der Waals surface area contributed by atoms with Crippen LogP contribution in [-0.4, -0.2) is 33.4 Å². The zero-order valence-electron chi connectivity index (χ0n) is 11.8. The smallest absolute Gasteiger partial charge is 0.254 e. The maximum Gasteiger partial charge on any atom is 0.254 e. The van der Waals surface area contributed by atoms with Crippen LogP contribution in [0.25, 0.3) is 0 Å². The van der Waals surface area contributed by atoms with Gasteiger partial charge in [-0.1, -0.05) is 27.7 Å². The Morgan fingerprint density at radius 3 is 2.61 bits per heavy atom. The van der Waals surface area contributed by atoms with Crippen molar-refractivity contribution in [2.45, 2.75) is 33.8 Å². The average Bonchev–Trinajstić information content (AvgIpc) is 2.71. The molecule has 0 spiro atoms. The van der Waals surface area contributed by atoms with Crippen molar-refractivity contribution in [1.29, 1.82) is 0 Å². The molecule has 0 fully saturated rings. The molecule has 1 unspecified atom stereocenters. The van der Waals surface area contributed by atoms with E-state index in [4.69, 9.17) is 0 Å². The van der Waals surface area contributed by atoms with Crippen LogP contribution in [0.3, 0.4) is 0 Å². The van der Waals surface area contributed by atoms with Crippen LogP contribution in [0.1, 0.15) is 38.1 Å². The standard InChI is InChI=1S/C13H23N3O2/c1-9(2)11(17)13(3,4)8-14-12(18)10-6-15-16(5)7-10/h6-7,9,11,17H,8H2,1-5H3,(H,14,18). The Labute approximate surface area is 108 Å². The lowest BCUT2D eigenvalue weighted by atomic mass is 9.80. The number of hydrogen-bond donors (Lipinski definition) is 2. The molecular weight excluding hydrogens is 230 g/mol. The fourth-order valence-electron chi connectivity index (χ4n) is 1.96. The Morgan fingerprint density at radius 2 is 2.17 bits per heavy atom. The number of rotatable bonds is 5. The van der Waals surface area contributed by atoms with Crippen LogP contribution >= 0.6 is 0 Å². The first kappa shape index (κ1) is 14.7. The summed E-state index contributed by atoms with van der Waals surface area (Å²) in [5.41, 5.74) is 0.179. The molecule has 1 aromatic rings. The minimum Gasteiger partial charge on any atom is -0.392 e. The topological polar surface area (TPSA) is 67.2 Å². The number of hydrogen-bond acceptors (Lipinski definition) is 3. The lowest BCUT2D eigenvalue weighted by Crippen LogP contribution is -2.43. The average molecular weight is 253 g/mol. The molecule has 5 nitrogen and oxygen atoms in total. The first-order valence-corrected chi connectivity index (χ1v) is 6.19. The van der Waals surface area contributed by atoms with Crippen molar-refractivity contribution < 1.29 is 9.90 Å². The summed E-state index contributed by atoms with van der Waals surface area (Å²) >= 11 is 0. The summed E-state index contributed by atoms with van der Waals surface area (Å²) in [6, 6.07) is 0. The number of aliphatic hydroxyl groups is 1. The van der Waals surface area contributed by atoms with E-state index in [0.717, 1.165) is 0 Å². The van der Waals surface area contributed by atoms with E-state index in [1.54, 1.807) is 17.9 Å². The highest BCUT2D eigenvalue weighted by Crippen LogP contribution is 2.25. The molecule has 1 heterocycles. The van der Waals surface area contributed by atoms with Gasteiger partial charge in [0.1, 0.15) is 0 Å². The lowest BCUT2D eigenvalue weighted by molar-refractivity contribution is 0.0138. The van der Waals surface area contributed by atoms with Gasteiger partial charge < -0.3 is 10.4 Å². The van der Waals surface area contributed by atoms with Crippen molar-refractivity contribution in [1.82, 2.24) is 15.1 Å². The molecule has 1 rings (SSSR count). The molecule has 5 heteroatoms. The monoisotopic (exact) mass is 253 g/mol. The van der Waals surface area contributed by atoms with Gasteiger partial charge in [-0.05, 0) is 5.92 Å². The van der Waals surface area contributed by atoms with Crippen LogP contribution in [0.5, 0.6) is 0 Å². The SMILES string of the molecule is CC(C)C(O)C(C)(C)CNC(=O)c1cnn(C)c1. The van der Waals surface area contributed by atoms with Gasteiger partial charge in [0, 0.05) is 25.2 Å². The molecule has 0 saturated heterocycles. The zero-order valence-corrected chi connectivity index (χ0v) is 11.8. The highest BCUT2D eigenvalue weighted by atomic mass is 16.3. The highest BCUT2D eigenvalue weighted by molar-refractivity contribution is 5.93. The van der Waals surface area contributed by atoms with Gasteiger partial charge in [0.2, 0.25) is 0 Å². The van der Waals surface area contributed by atoms with Crippen LogP contribution in [-0.2, 0) is 7.05 Å². The number of aliphatic hydroxyl groups excluding tert-OH is 1. The third kappa shape index (κ3) is 3.57. The van der Waals surface area contributed by atoms with Crippen molar-refractivity contribution in [3.63, 3.8) is 0 Å². The number of carbonyl (C=O) groups excluding carboxylic acids is 1. The summed E-state index contributed by atoms with van der Waals surface area (Å²) in [6.07, 6.45) is 2.74. The van der Waals surface area contributed by atoms with Crippen LogP contribution in [0.15, 0.2) is 12.4 Å². The second-order valence-corrected chi connectivity index (χ2v) is 5.76. The van der Waals surface area contributed by atoms with Crippen LogP contribution in [0.4, 0.5) is 0 Å². The second-order valence-electron chi connectivity index (χ2n) is 5.76. The number of amides is 1. The van der Waals surface area contributed by atoms with Crippen molar-refractivity contribution in [2.24, 2.45) is 18.4 Å². The third-order valence-corrected chi connectivity index (χ3v) is 3.10. The Kier molecular flexibility index (Phi) is 4.51. The lowest BCUT2D eigenvalue weighted by Gasteiger charge is -2.33. The summed E-state index contributed by atoms with van der Waals surface area (Å²) in [7, 11) is 1.77. The van der Waals surface area contributed by atoms with E-state index >= 15 is 0 Å². The molecule has 1 aromatic heterocycles. The molecule has 0 radical (unpaired) electrons. The number of aromatic nitrogens is 2. The van der Waals surface area contributed by atoms with Gasteiger partial charge in [-0.25, -0.2) is 0 Å². The zero-order chi connectivity index (χ0) is 13.9. The summed E-state index contributed by atoms with van der Waals surface area (Å²) in [4.78, 5) is 11.9. The predicted molar refractivity (Wildman–Crippen MR) is 70.2 cm³/mol. The minimum atomic E-state index is -0.452. The van der Waals surface area contributed by atoms with Gasteiger partial charge in [0.25, 0.3) is 5.91 Å². The Morgan fingerprint density at radius 1 is 1.56 bits per heavy atom. The summed E-state index contributed by atoms with van der Waals surface area (Å²) < 4.78 is 1.59. The van der Waals surface area contributed by atoms with Crippen molar-refractivity contribution in [3.05, 3.63) is 18.0 Å². The van der Waals surface area contributed by atoms with E-state index in [1.807, 2.05) is 27.7 Å². The number of nitrogens with zero attached hydrogens (tertiary/aromatic N) is 2. The molecule has 0 aliphatic rings. The highest BCUT2D eigenvalue weighted by Gasteiger charge is 2.30. The largest absolute Gasteiger partial charge is 0.392 e. The normalized spacial score (nSPS) is 13.7. The van der Waals surface area contributed by atoms with E-state index in [2.05, 4.69) is 10.4 Å². The first-order valence-electron chi connectivity index (χ1n) is 6.19. The Balaban J connectivity index is 2.57. The van der Waals surface area contributed by atoms with Gasteiger partial charge in [0.15, 0.2) is 0 Å². The molecule has 1 atom stereocenters. The fourth-order valence-corrected chi connectivity index (χ4v) is 1.96. The molecule has 0 bridgehead atoms. The van der Waals surface area contributed by atoms with Gasteiger partial charge in [-0.15, -0.1) is 0 Å². The third-order valence-electron chi connectivity index (χ3n) is 3.10. The maximum absolute atomic E-state index is 11.9. The molecule has 0 saturated carbocycles. The van der Waals surface area contributed by atoms with Gasteiger partial charge in [0.05, 0.1) is 17.9 Å². The Hall–Kier alpha value is -1.36. The summed E-state index contributed by atoms with van der Waals surface area (Å²) in [5.74, 6) is 0.00225. The predicted octanol–water partition coefficient (Wildman–Crippen LogP) is 1.19. The quantitative estimate of drug-likeness (QED) is 0.828.